The first-order valence-corrected chi connectivity index (χ1v) is 9.91. The topological polar surface area (TPSA) is 103 Å². The summed E-state index contributed by atoms with van der Waals surface area (Å²) in [4.78, 5) is 23.4. The fraction of sp³-hybridized carbons (Fsp3) is 0.412. The van der Waals surface area contributed by atoms with Gasteiger partial charge in [0.1, 0.15) is 5.82 Å². The van der Waals surface area contributed by atoms with Crippen molar-refractivity contribution < 1.29 is 9.59 Å². The molecule has 0 radical (unpaired) electrons. The van der Waals surface area contributed by atoms with E-state index in [9.17, 15) is 9.59 Å². The molecule has 0 saturated carbocycles. The Kier molecular flexibility index (Phi) is 7.52. The third kappa shape index (κ3) is 5.85. The average molecular weight is 430 g/mol. The average Bonchev–Trinajstić information content (AvgIpc) is 2.92. The largest absolute Gasteiger partial charge is 0.370 e. The van der Waals surface area contributed by atoms with Crippen LogP contribution in [0, 0.1) is 0 Å². The van der Waals surface area contributed by atoms with Gasteiger partial charge in [-0.1, -0.05) is 41.0 Å². The molecule has 0 spiro atoms. The number of rotatable bonds is 8. The lowest BCUT2D eigenvalue weighted by atomic mass is 10.1. The van der Waals surface area contributed by atoms with E-state index in [4.69, 9.17) is 28.9 Å². The summed E-state index contributed by atoms with van der Waals surface area (Å²) in [5.41, 5.74) is 5.95. The van der Waals surface area contributed by atoms with Gasteiger partial charge in [0.2, 0.25) is 11.8 Å². The Labute approximate surface area is 172 Å². The molecule has 1 heterocycles. The van der Waals surface area contributed by atoms with Gasteiger partial charge in [0.25, 0.3) is 0 Å². The lowest BCUT2D eigenvalue weighted by Gasteiger charge is -2.18. The van der Waals surface area contributed by atoms with Gasteiger partial charge in [0.15, 0.2) is 5.16 Å². The molecule has 1 aromatic carbocycles. The number of halogens is 2. The number of carbonyl (C=O) groups is 2. The van der Waals surface area contributed by atoms with Crippen molar-refractivity contribution in [1.29, 1.82) is 0 Å². The highest BCUT2D eigenvalue weighted by molar-refractivity contribution is 8.00. The van der Waals surface area contributed by atoms with Crippen LogP contribution in [0.25, 0.3) is 0 Å². The van der Waals surface area contributed by atoms with E-state index in [1.165, 1.54) is 11.8 Å². The Morgan fingerprint density at radius 1 is 1.30 bits per heavy atom. The molecule has 0 saturated heterocycles. The number of aromatic nitrogens is 3. The standard InChI is InChI=1S/C17H21Cl2N5O2S/c1-9(12-5-4-11(18)8-13(12)19)21-16(26)10(2)27-17-23-22-15(24(17)3)7-6-14(20)25/h4-5,8-10H,6-7H2,1-3H3,(H2,20,25)(H,21,26). The quantitative estimate of drug-likeness (QED) is 0.627. The molecule has 2 aromatic rings. The van der Waals surface area contributed by atoms with Crippen LogP contribution in [0.5, 0.6) is 0 Å². The molecule has 27 heavy (non-hydrogen) atoms. The van der Waals surface area contributed by atoms with Gasteiger partial charge in [-0.05, 0) is 31.5 Å². The van der Waals surface area contributed by atoms with E-state index >= 15 is 0 Å². The molecule has 10 heteroatoms. The molecular formula is C17H21Cl2N5O2S. The minimum absolute atomic E-state index is 0.153. The maximum Gasteiger partial charge on any atom is 0.233 e. The molecule has 0 aliphatic rings. The molecule has 2 amide bonds. The van der Waals surface area contributed by atoms with Crippen LogP contribution in [0.4, 0.5) is 0 Å². The van der Waals surface area contributed by atoms with Gasteiger partial charge in [0.05, 0.1) is 11.3 Å². The van der Waals surface area contributed by atoms with Crippen molar-refractivity contribution in [2.24, 2.45) is 12.8 Å². The summed E-state index contributed by atoms with van der Waals surface area (Å²) < 4.78 is 1.76. The molecule has 1 aromatic heterocycles. The fourth-order valence-corrected chi connectivity index (χ4v) is 3.79. The second-order valence-corrected chi connectivity index (χ2v) is 8.23. The Balaban J connectivity index is 1.98. The van der Waals surface area contributed by atoms with E-state index in [1.54, 1.807) is 36.7 Å². The van der Waals surface area contributed by atoms with Crippen molar-refractivity contribution in [2.45, 2.75) is 43.1 Å². The zero-order valence-corrected chi connectivity index (χ0v) is 17.5. The second-order valence-electron chi connectivity index (χ2n) is 6.08. The summed E-state index contributed by atoms with van der Waals surface area (Å²) >= 11 is 13.4. The van der Waals surface area contributed by atoms with Gasteiger partial charge < -0.3 is 15.6 Å². The summed E-state index contributed by atoms with van der Waals surface area (Å²) in [5, 5.41) is 12.3. The Morgan fingerprint density at radius 3 is 2.63 bits per heavy atom. The Morgan fingerprint density at radius 2 is 2.00 bits per heavy atom. The van der Waals surface area contributed by atoms with E-state index in [0.29, 0.717) is 27.4 Å². The lowest BCUT2D eigenvalue weighted by Crippen LogP contribution is -2.33. The first-order chi connectivity index (χ1) is 12.7. The van der Waals surface area contributed by atoms with E-state index in [2.05, 4.69) is 15.5 Å². The predicted molar refractivity (Wildman–Crippen MR) is 107 cm³/mol. The van der Waals surface area contributed by atoms with Crippen molar-refractivity contribution in [3.05, 3.63) is 39.6 Å². The zero-order valence-electron chi connectivity index (χ0n) is 15.2. The molecule has 0 aliphatic carbocycles. The number of nitrogens with one attached hydrogen (secondary N) is 1. The summed E-state index contributed by atoms with van der Waals surface area (Å²) in [7, 11) is 1.79. The zero-order chi connectivity index (χ0) is 20.1. The van der Waals surface area contributed by atoms with Crippen LogP contribution in [0.2, 0.25) is 10.0 Å². The summed E-state index contributed by atoms with van der Waals surface area (Å²) in [6.07, 6.45) is 0.609. The van der Waals surface area contributed by atoms with Crippen LogP contribution in [0.15, 0.2) is 23.4 Å². The Bertz CT molecular complexity index is 843. The molecule has 0 aliphatic heterocycles. The van der Waals surface area contributed by atoms with Crippen LogP contribution in [-0.2, 0) is 23.1 Å². The number of hydrogen-bond donors (Lipinski definition) is 2. The van der Waals surface area contributed by atoms with Gasteiger partial charge in [-0.15, -0.1) is 10.2 Å². The number of amides is 2. The number of primary amides is 1. The van der Waals surface area contributed by atoms with Crippen LogP contribution in [0.1, 0.15) is 37.7 Å². The summed E-state index contributed by atoms with van der Waals surface area (Å²) in [5.74, 6) is 0.0974. The normalized spacial score (nSPS) is 13.2. The molecule has 0 fully saturated rings. The predicted octanol–water partition coefficient (Wildman–Crippen LogP) is 2.90. The SMILES string of the molecule is CC(Sc1nnc(CCC(N)=O)n1C)C(=O)NC(C)c1ccc(Cl)cc1Cl. The molecule has 3 N–H and O–H groups in total. The van der Waals surface area contributed by atoms with E-state index in [1.807, 2.05) is 6.92 Å². The van der Waals surface area contributed by atoms with E-state index in [0.717, 1.165) is 5.56 Å². The highest BCUT2D eigenvalue weighted by Crippen LogP contribution is 2.27. The summed E-state index contributed by atoms with van der Waals surface area (Å²) in [6.45, 7) is 3.64. The molecular weight excluding hydrogens is 409 g/mol. The number of benzene rings is 1. The van der Waals surface area contributed by atoms with Gasteiger partial charge in [-0.25, -0.2) is 0 Å². The van der Waals surface area contributed by atoms with Gasteiger partial charge >= 0.3 is 0 Å². The number of nitrogens with zero attached hydrogens (tertiary/aromatic N) is 3. The number of hydrogen-bond acceptors (Lipinski definition) is 5. The number of carbonyl (C=O) groups excluding carboxylic acids is 2. The van der Waals surface area contributed by atoms with Crippen molar-refractivity contribution in [1.82, 2.24) is 20.1 Å². The van der Waals surface area contributed by atoms with Gasteiger partial charge in [-0.3, -0.25) is 9.59 Å². The number of thioether (sulfide) groups is 1. The van der Waals surface area contributed by atoms with Gasteiger partial charge in [0, 0.05) is 29.9 Å². The maximum absolute atomic E-state index is 12.5. The van der Waals surface area contributed by atoms with Crippen LogP contribution >= 0.6 is 35.0 Å². The first-order valence-electron chi connectivity index (χ1n) is 8.27. The third-order valence-electron chi connectivity index (χ3n) is 3.96. The monoisotopic (exact) mass is 429 g/mol. The molecule has 7 nitrogen and oxygen atoms in total. The first kappa shape index (κ1) is 21.5. The smallest absolute Gasteiger partial charge is 0.233 e. The van der Waals surface area contributed by atoms with Gasteiger partial charge in [-0.2, -0.15) is 0 Å². The number of aryl methyl sites for hydroxylation is 1. The molecule has 2 rings (SSSR count). The second kappa shape index (κ2) is 9.43. The van der Waals surface area contributed by atoms with Crippen LogP contribution < -0.4 is 11.1 Å². The highest BCUT2D eigenvalue weighted by atomic mass is 35.5. The van der Waals surface area contributed by atoms with Crippen molar-refractivity contribution in [2.75, 3.05) is 0 Å². The van der Waals surface area contributed by atoms with Crippen LogP contribution in [-0.4, -0.2) is 31.8 Å². The maximum atomic E-state index is 12.5. The molecule has 0 bridgehead atoms. The Hall–Kier alpha value is -1.77. The molecule has 2 atom stereocenters. The summed E-state index contributed by atoms with van der Waals surface area (Å²) in [6, 6.07) is 4.90. The third-order valence-corrected chi connectivity index (χ3v) is 5.66. The lowest BCUT2D eigenvalue weighted by molar-refractivity contribution is -0.121. The number of nitrogens with two attached hydrogens (primary N) is 1. The molecule has 2 unspecified atom stereocenters. The van der Waals surface area contributed by atoms with Crippen molar-refractivity contribution in [3.63, 3.8) is 0 Å². The van der Waals surface area contributed by atoms with Crippen molar-refractivity contribution in [3.8, 4) is 0 Å². The molecule has 146 valence electrons. The minimum atomic E-state index is -0.398. The minimum Gasteiger partial charge on any atom is -0.370 e. The van der Waals surface area contributed by atoms with E-state index in [-0.39, 0.29) is 18.4 Å². The van der Waals surface area contributed by atoms with Crippen molar-refractivity contribution >= 4 is 46.8 Å². The van der Waals surface area contributed by atoms with E-state index < -0.39 is 11.2 Å². The van der Waals surface area contributed by atoms with Crippen LogP contribution in [0.3, 0.4) is 0 Å². The highest BCUT2D eigenvalue weighted by Gasteiger charge is 2.21. The fourth-order valence-electron chi connectivity index (χ4n) is 2.37.